The zero-order chi connectivity index (χ0) is 14.8. The SMILES string of the molecule is CCCNc1nc(C2CC2)nc(N2CCCCC2C)c1C. The van der Waals surface area contributed by atoms with Gasteiger partial charge in [0.1, 0.15) is 17.5 Å². The second-order valence-corrected chi connectivity index (χ2v) is 6.62. The van der Waals surface area contributed by atoms with E-state index in [1.807, 2.05) is 0 Å². The van der Waals surface area contributed by atoms with Crippen molar-refractivity contribution in [3.63, 3.8) is 0 Å². The molecule has 21 heavy (non-hydrogen) atoms. The van der Waals surface area contributed by atoms with Crippen molar-refractivity contribution >= 4 is 11.6 Å². The summed E-state index contributed by atoms with van der Waals surface area (Å²) in [6.07, 6.45) is 7.54. The van der Waals surface area contributed by atoms with Gasteiger partial charge in [-0.1, -0.05) is 6.92 Å². The smallest absolute Gasteiger partial charge is 0.137 e. The number of rotatable bonds is 5. The van der Waals surface area contributed by atoms with Crippen LogP contribution in [0.2, 0.25) is 0 Å². The molecule has 116 valence electrons. The fraction of sp³-hybridized carbons (Fsp3) is 0.765. The van der Waals surface area contributed by atoms with E-state index in [1.165, 1.54) is 43.5 Å². The van der Waals surface area contributed by atoms with Crippen molar-refractivity contribution in [2.24, 2.45) is 0 Å². The van der Waals surface area contributed by atoms with Gasteiger partial charge in [-0.15, -0.1) is 0 Å². The third kappa shape index (κ3) is 3.14. The Bertz CT molecular complexity index is 496. The van der Waals surface area contributed by atoms with Gasteiger partial charge in [-0.2, -0.15) is 0 Å². The van der Waals surface area contributed by atoms with Crippen molar-refractivity contribution in [2.75, 3.05) is 23.3 Å². The maximum atomic E-state index is 4.95. The fourth-order valence-electron chi connectivity index (χ4n) is 3.15. The first kappa shape index (κ1) is 14.6. The van der Waals surface area contributed by atoms with Gasteiger partial charge in [0.2, 0.25) is 0 Å². The van der Waals surface area contributed by atoms with Gasteiger partial charge in [0, 0.05) is 30.6 Å². The van der Waals surface area contributed by atoms with E-state index in [9.17, 15) is 0 Å². The summed E-state index contributed by atoms with van der Waals surface area (Å²) >= 11 is 0. The topological polar surface area (TPSA) is 41.1 Å². The summed E-state index contributed by atoms with van der Waals surface area (Å²) in [4.78, 5) is 12.3. The van der Waals surface area contributed by atoms with E-state index >= 15 is 0 Å². The van der Waals surface area contributed by atoms with Crippen LogP contribution in [0.25, 0.3) is 0 Å². The number of anilines is 2. The molecule has 1 aliphatic heterocycles. The zero-order valence-corrected chi connectivity index (χ0v) is 13.7. The van der Waals surface area contributed by atoms with Crippen molar-refractivity contribution in [2.45, 2.75) is 71.3 Å². The van der Waals surface area contributed by atoms with Crippen molar-refractivity contribution < 1.29 is 0 Å². The largest absolute Gasteiger partial charge is 0.370 e. The summed E-state index contributed by atoms with van der Waals surface area (Å²) in [5.74, 6) is 3.90. The highest BCUT2D eigenvalue weighted by Crippen LogP contribution is 2.40. The molecule has 0 bridgehead atoms. The fourth-order valence-corrected chi connectivity index (χ4v) is 3.15. The lowest BCUT2D eigenvalue weighted by molar-refractivity contribution is 0.479. The Hall–Kier alpha value is -1.32. The Morgan fingerprint density at radius 3 is 2.67 bits per heavy atom. The standard InChI is InChI=1S/C17H28N4/c1-4-10-18-15-13(3)17(20-16(19-15)14-8-9-14)21-11-6-5-7-12(21)2/h12,14H,4-11H2,1-3H3,(H,18,19,20). The van der Waals surface area contributed by atoms with Crippen LogP contribution in [-0.2, 0) is 0 Å². The minimum atomic E-state index is 0.596. The van der Waals surface area contributed by atoms with Gasteiger partial charge in [0.25, 0.3) is 0 Å². The maximum Gasteiger partial charge on any atom is 0.137 e. The van der Waals surface area contributed by atoms with Crippen molar-refractivity contribution in [1.29, 1.82) is 0 Å². The molecule has 0 radical (unpaired) electrons. The normalized spacial score (nSPS) is 22.4. The van der Waals surface area contributed by atoms with Crippen LogP contribution in [0.15, 0.2) is 0 Å². The number of hydrogen-bond acceptors (Lipinski definition) is 4. The molecule has 1 unspecified atom stereocenters. The highest BCUT2D eigenvalue weighted by atomic mass is 15.2. The summed E-state index contributed by atoms with van der Waals surface area (Å²) < 4.78 is 0. The van der Waals surface area contributed by atoms with Crippen LogP contribution in [0.3, 0.4) is 0 Å². The van der Waals surface area contributed by atoms with Crippen molar-refractivity contribution in [3.8, 4) is 0 Å². The minimum Gasteiger partial charge on any atom is -0.370 e. The van der Waals surface area contributed by atoms with E-state index in [0.29, 0.717) is 12.0 Å². The summed E-state index contributed by atoms with van der Waals surface area (Å²) in [6, 6.07) is 0.596. The van der Waals surface area contributed by atoms with Crippen LogP contribution < -0.4 is 10.2 Å². The molecule has 3 rings (SSSR count). The Morgan fingerprint density at radius 2 is 2.00 bits per heavy atom. The molecule has 1 aromatic heterocycles. The highest BCUT2D eigenvalue weighted by Gasteiger charge is 2.30. The first-order valence-corrected chi connectivity index (χ1v) is 8.59. The highest BCUT2D eigenvalue weighted by molar-refractivity contribution is 5.59. The van der Waals surface area contributed by atoms with E-state index in [0.717, 1.165) is 31.2 Å². The summed E-state index contributed by atoms with van der Waals surface area (Å²) in [7, 11) is 0. The molecule has 0 aromatic carbocycles. The van der Waals surface area contributed by atoms with Crippen LogP contribution in [0.5, 0.6) is 0 Å². The van der Waals surface area contributed by atoms with Crippen LogP contribution in [-0.4, -0.2) is 29.1 Å². The number of piperidine rings is 1. The molecule has 1 saturated carbocycles. The third-order valence-corrected chi connectivity index (χ3v) is 4.70. The van der Waals surface area contributed by atoms with Crippen molar-refractivity contribution in [1.82, 2.24) is 9.97 Å². The van der Waals surface area contributed by atoms with Crippen LogP contribution in [0.1, 0.15) is 69.7 Å². The summed E-state index contributed by atoms with van der Waals surface area (Å²) in [6.45, 7) is 8.81. The lowest BCUT2D eigenvalue weighted by atomic mass is 10.0. The molecule has 1 atom stereocenters. The minimum absolute atomic E-state index is 0.596. The third-order valence-electron chi connectivity index (χ3n) is 4.70. The van der Waals surface area contributed by atoms with Gasteiger partial charge in [-0.25, -0.2) is 9.97 Å². The van der Waals surface area contributed by atoms with E-state index < -0.39 is 0 Å². The predicted molar refractivity (Wildman–Crippen MR) is 88.2 cm³/mol. The number of nitrogens with zero attached hydrogens (tertiary/aromatic N) is 3. The molecule has 1 N–H and O–H groups in total. The molecule has 0 amide bonds. The summed E-state index contributed by atoms with van der Waals surface area (Å²) in [5, 5.41) is 3.50. The average molecular weight is 288 g/mol. The van der Waals surface area contributed by atoms with E-state index in [4.69, 9.17) is 9.97 Å². The number of hydrogen-bond donors (Lipinski definition) is 1. The quantitative estimate of drug-likeness (QED) is 0.893. The molecular weight excluding hydrogens is 260 g/mol. The second kappa shape index (κ2) is 6.20. The van der Waals surface area contributed by atoms with E-state index in [2.05, 4.69) is 31.0 Å². The molecule has 0 spiro atoms. The lowest BCUT2D eigenvalue weighted by Crippen LogP contribution is -2.38. The van der Waals surface area contributed by atoms with Crippen LogP contribution >= 0.6 is 0 Å². The van der Waals surface area contributed by atoms with Gasteiger partial charge >= 0.3 is 0 Å². The van der Waals surface area contributed by atoms with Gasteiger partial charge in [0.05, 0.1) is 0 Å². The lowest BCUT2D eigenvalue weighted by Gasteiger charge is -2.35. The molecule has 2 heterocycles. The molecule has 1 aliphatic carbocycles. The van der Waals surface area contributed by atoms with Gasteiger partial charge in [0.15, 0.2) is 0 Å². The van der Waals surface area contributed by atoms with Crippen molar-refractivity contribution in [3.05, 3.63) is 11.4 Å². The molecule has 4 heteroatoms. The van der Waals surface area contributed by atoms with Crippen LogP contribution in [0.4, 0.5) is 11.6 Å². The molecule has 2 fully saturated rings. The first-order chi connectivity index (χ1) is 10.2. The maximum absolute atomic E-state index is 4.95. The molecule has 1 saturated heterocycles. The molecule has 4 nitrogen and oxygen atoms in total. The zero-order valence-electron chi connectivity index (χ0n) is 13.7. The predicted octanol–water partition coefficient (Wildman–Crippen LogP) is 3.86. The van der Waals surface area contributed by atoms with Gasteiger partial charge in [-0.05, 0) is 52.4 Å². The monoisotopic (exact) mass is 288 g/mol. The Labute approximate surface area is 128 Å². The first-order valence-electron chi connectivity index (χ1n) is 8.59. The molecule has 2 aliphatic rings. The van der Waals surface area contributed by atoms with E-state index in [1.54, 1.807) is 0 Å². The average Bonchev–Trinajstić information content (AvgIpc) is 3.32. The Kier molecular flexibility index (Phi) is 4.32. The van der Waals surface area contributed by atoms with Gasteiger partial charge in [-0.3, -0.25) is 0 Å². The Balaban J connectivity index is 1.94. The Morgan fingerprint density at radius 1 is 1.19 bits per heavy atom. The van der Waals surface area contributed by atoms with E-state index in [-0.39, 0.29) is 0 Å². The second-order valence-electron chi connectivity index (χ2n) is 6.62. The number of nitrogens with one attached hydrogen (secondary N) is 1. The molecular formula is C17H28N4. The summed E-state index contributed by atoms with van der Waals surface area (Å²) in [5.41, 5.74) is 1.22. The van der Waals surface area contributed by atoms with Gasteiger partial charge < -0.3 is 10.2 Å². The molecule has 1 aromatic rings. The number of aromatic nitrogens is 2. The van der Waals surface area contributed by atoms with Crippen LogP contribution in [0, 0.1) is 6.92 Å².